The number of amides is 1. The second-order valence-electron chi connectivity index (χ2n) is 5.41. The molecule has 1 atom stereocenters. The van der Waals surface area contributed by atoms with E-state index in [0.717, 1.165) is 19.6 Å². The second kappa shape index (κ2) is 6.24. The highest BCUT2D eigenvalue weighted by molar-refractivity contribution is 5.76. The van der Waals surface area contributed by atoms with Gasteiger partial charge < -0.3 is 9.80 Å². The molecule has 1 aliphatic heterocycles. The van der Waals surface area contributed by atoms with E-state index in [2.05, 4.69) is 32.7 Å². The summed E-state index contributed by atoms with van der Waals surface area (Å²) in [6, 6.07) is 0.521. The molecule has 0 spiro atoms. The normalized spacial score (nSPS) is 21.9. The quantitative estimate of drug-likeness (QED) is 0.732. The molecule has 1 unspecified atom stereocenters. The fraction of sp³-hybridized carbons (Fsp3) is 0.923. The van der Waals surface area contributed by atoms with Crippen LogP contribution >= 0.6 is 0 Å². The van der Waals surface area contributed by atoms with Gasteiger partial charge in [0.15, 0.2) is 0 Å². The molecule has 0 aromatic heterocycles. The van der Waals surface area contributed by atoms with Gasteiger partial charge >= 0.3 is 0 Å². The Morgan fingerprint density at radius 3 is 2.75 bits per heavy atom. The Balaban J connectivity index is 2.29. The Labute approximate surface area is 99.8 Å². The van der Waals surface area contributed by atoms with Gasteiger partial charge in [-0.2, -0.15) is 0 Å². The zero-order chi connectivity index (χ0) is 12.1. The van der Waals surface area contributed by atoms with Crippen molar-refractivity contribution in [1.29, 1.82) is 0 Å². The van der Waals surface area contributed by atoms with Crippen molar-refractivity contribution in [3.63, 3.8) is 0 Å². The standard InChI is InChI=1S/C13H26N2O/c1-11(2)14(4)9-7-13(16)15-8-5-6-12(3)10-15/h11-12H,5-10H2,1-4H3. The van der Waals surface area contributed by atoms with E-state index in [1.165, 1.54) is 12.8 Å². The highest BCUT2D eigenvalue weighted by Gasteiger charge is 2.20. The van der Waals surface area contributed by atoms with Gasteiger partial charge in [-0.1, -0.05) is 6.92 Å². The Morgan fingerprint density at radius 2 is 2.19 bits per heavy atom. The SMILES string of the molecule is CC1CCCN(C(=O)CCN(C)C(C)C)C1. The van der Waals surface area contributed by atoms with Gasteiger partial charge in [0, 0.05) is 32.1 Å². The third-order valence-corrected chi connectivity index (χ3v) is 3.57. The average Bonchev–Trinajstić information content (AvgIpc) is 2.25. The van der Waals surface area contributed by atoms with Crippen molar-refractivity contribution in [2.45, 2.75) is 46.1 Å². The number of nitrogens with zero attached hydrogens (tertiary/aromatic N) is 2. The highest BCUT2D eigenvalue weighted by Crippen LogP contribution is 2.16. The van der Waals surface area contributed by atoms with Crippen LogP contribution in [0, 0.1) is 5.92 Å². The molecule has 1 amide bonds. The molecule has 1 heterocycles. The largest absolute Gasteiger partial charge is 0.342 e. The summed E-state index contributed by atoms with van der Waals surface area (Å²) in [4.78, 5) is 16.2. The Bertz CT molecular complexity index is 228. The van der Waals surface area contributed by atoms with E-state index >= 15 is 0 Å². The van der Waals surface area contributed by atoms with E-state index in [9.17, 15) is 4.79 Å². The van der Waals surface area contributed by atoms with E-state index < -0.39 is 0 Å². The predicted octanol–water partition coefficient (Wildman–Crippen LogP) is 1.98. The van der Waals surface area contributed by atoms with Crippen LogP contribution in [0.15, 0.2) is 0 Å². The number of rotatable bonds is 4. The first kappa shape index (κ1) is 13.5. The van der Waals surface area contributed by atoms with E-state index in [0.29, 0.717) is 24.3 Å². The Morgan fingerprint density at radius 1 is 1.50 bits per heavy atom. The van der Waals surface area contributed by atoms with Gasteiger partial charge in [-0.15, -0.1) is 0 Å². The smallest absolute Gasteiger partial charge is 0.223 e. The highest BCUT2D eigenvalue weighted by atomic mass is 16.2. The summed E-state index contributed by atoms with van der Waals surface area (Å²) in [5.41, 5.74) is 0. The maximum atomic E-state index is 12.0. The molecule has 0 N–H and O–H groups in total. The molecule has 3 nitrogen and oxygen atoms in total. The summed E-state index contributed by atoms with van der Waals surface area (Å²) in [6.07, 6.45) is 3.12. The summed E-state index contributed by atoms with van der Waals surface area (Å²) in [5, 5.41) is 0. The molecule has 94 valence electrons. The molecule has 16 heavy (non-hydrogen) atoms. The van der Waals surface area contributed by atoms with Crippen LogP contribution in [-0.4, -0.2) is 48.4 Å². The van der Waals surface area contributed by atoms with Crippen LogP contribution in [0.2, 0.25) is 0 Å². The summed E-state index contributed by atoms with van der Waals surface area (Å²) in [7, 11) is 2.08. The molecule has 0 aromatic rings. The average molecular weight is 226 g/mol. The van der Waals surface area contributed by atoms with E-state index in [1.807, 2.05) is 4.90 Å². The number of carbonyl (C=O) groups is 1. The molecule has 0 bridgehead atoms. The number of hydrogen-bond donors (Lipinski definition) is 0. The zero-order valence-electron chi connectivity index (χ0n) is 11.2. The first-order chi connectivity index (χ1) is 7.50. The topological polar surface area (TPSA) is 23.6 Å². The fourth-order valence-corrected chi connectivity index (χ4v) is 2.10. The third kappa shape index (κ3) is 4.12. The number of carbonyl (C=O) groups excluding carboxylic acids is 1. The first-order valence-corrected chi connectivity index (χ1v) is 6.48. The molecule has 1 fully saturated rings. The third-order valence-electron chi connectivity index (χ3n) is 3.57. The van der Waals surface area contributed by atoms with Crippen LogP contribution in [0.5, 0.6) is 0 Å². The van der Waals surface area contributed by atoms with Crippen LogP contribution in [-0.2, 0) is 4.79 Å². The Hall–Kier alpha value is -0.570. The van der Waals surface area contributed by atoms with E-state index in [1.54, 1.807) is 0 Å². The number of hydrogen-bond acceptors (Lipinski definition) is 2. The molecular formula is C13H26N2O. The van der Waals surface area contributed by atoms with Gasteiger partial charge in [-0.05, 0) is 39.7 Å². The Kier molecular flexibility index (Phi) is 5.26. The van der Waals surface area contributed by atoms with Crippen molar-refractivity contribution in [3.8, 4) is 0 Å². The van der Waals surface area contributed by atoms with Crippen molar-refractivity contribution < 1.29 is 4.79 Å². The monoisotopic (exact) mass is 226 g/mol. The lowest BCUT2D eigenvalue weighted by atomic mass is 10.00. The molecule has 1 saturated heterocycles. The minimum Gasteiger partial charge on any atom is -0.342 e. The van der Waals surface area contributed by atoms with Gasteiger partial charge in [-0.3, -0.25) is 4.79 Å². The summed E-state index contributed by atoms with van der Waals surface area (Å²) < 4.78 is 0. The molecule has 3 heteroatoms. The minimum absolute atomic E-state index is 0.332. The van der Waals surface area contributed by atoms with Gasteiger partial charge in [0.2, 0.25) is 5.91 Å². The van der Waals surface area contributed by atoms with Crippen molar-refractivity contribution >= 4 is 5.91 Å². The van der Waals surface area contributed by atoms with Crippen LogP contribution in [0.3, 0.4) is 0 Å². The number of likely N-dealkylation sites (tertiary alicyclic amines) is 1. The molecule has 1 rings (SSSR count). The maximum absolute atomic E-state index is 12.0. The summed E-state index contributed by atoms with van der Waals surface area (Å²) in [6.45, 7) is 9.36. The van der Waals surface area contributed by atoms with E-state index in [4.69, 9.17) is 0 Å². The van der Waals surface area contributed by atoms with Gasteiger partial charge in [0.25, 0.3) is 0 Å². The first-order valence-electron chi connectivity index (χ1n) is 6.48. The van der Waals surface area contributed by atoms with Gasteiger partial charge in [0.1, 0.15) is 0 Å². The van der Waals surface area contributed by atoms with Crippen molar-refractivity contribution in [2.75, 3.05) is 26.7 Å². The van der Waals surface area contributed by atoms with Gasteiger partial charge in [-0.25, -0.2) is 0 Å². The molecule has 0 aliphatic carbocycles. The fourth-order valence-electron chi connectivity index (χ4n) is 2.10. The summed E-state index contributed by atoms with van der Waals surface area (Å²) >= 11 is 0. The van der Waals surface area contributed by atoms with Crippen LogP contribution in [0.4, 0.5) is 0 Å². The molecule has 0 radical (unpaired) electrons. The molecule has 0 saturated carbocycles. The van der Waals surface area contributed by atoms with Crippen LogP contribution in [0.1, 0.15) is 40.0 Å². The van der Waals surface area contributed by atoms with Crippen molar-refractivity contribution in [2.24, 2.45) is 5.92 Å². The number of piperidine rings is 1. The van der Waals surface area contributed by atoms with Crippen LogP contribution in [0.25, 0.3) is 0 Å². The summed E-state index contributed by atoms with van der Waals surface area (Å²) in [5.74, 6) is 1.01. The molecule has 0 aromatic carbocycles. The van der Waals surface area contributed by atoms with Crippen LogP contribution < -0.4 is 0 Å². The second-order valence-corrected chi connectivity index (χ2v) is 5.41. The molecular weight excluding hydrogens is 200 g/mol. The van der Waals surface area contributed by atoms with Crippen molar-refractivity contribution in [3.05, 3.63) is 0 Å². The maximum Gasteiger partial charge on any atom is 0.223 e. The molecule has 1 aliphatic rings. The van der Waals surface area contributed by atoms with E-state index in [-0.39, 0.29) is 0 Å². The van der Waals surface area contributed by atoms with Gasteiger partial charge in [0.05, 0.1) is 0 Å². The lowest BCUT2D eigenvalue weighted by molar-refractivity contribution is -0.133. The lowest BCUT2D eigenvalue weighted by Gasteiger charge is -2.31. The predicted molar refractivity (Wildman–Crippen MR) is 67.4 cm³/mol. The zero-order valence-corrected chi connectivity index (χ0v) is 11.2. The lowest BCUT2D eigenvalue weighted by Crippen LogP contribution is -2.40. The van der Waals surface area contributed by atoms with Crippen molar-refractivity contribution in [1.82, 2.24) is 9.80 Å². The minimum atomic E-state index is 0.332.